The highest BCUT2D eigenvalue weighted by molar-refractivity contribution is 7.13. The Morgan fingerprint density at radius 1 is 1.30 bits per heavy atom. The van der Waals surface area contributed by atoms with Crippen LogP contribution < -0.4 is 0 Å². The van der Waals surface area contributed by atoms with E-state index in [1.807, 2.05) is 22.9 Å². The Bertz CT molecular complexity index is 777. The average molecular weight is 347 g/mol. The fourth-order valence-corrected chi connectivity index (χ4v) is 3.50. The second kappa shape index (κ2) is 7.06. The molecule has 0 aliphatic heterocycles. The second-order valence-electron chi connectivity index (χ2n) is 5.13. The first-order chi connectivity index (χ1) is 11.2. The van der Waals surface area contributed by atoms with Gasteiger partial charge in [0.25, 0.3) is 0 Å². The summed E-state index contributed by atoms with van der Waals surface area (Å²) >= 11 is 3.20. The van der Waals surface area contributed by atoms with Crippen molar-refractivity contribution in [1.82, 2.24) is 14.9 Å². The van der Waals surface area contributed by atoms with Gasteiger partial charge >= 0.3 is 0 Å². The van der Waals surface area contributed by atoms with Crippen LogP contribution in [-0.2, 0) is 24.2 Å². The third kappa shape index (κ3) is 3.86. The minimum Gasteiger partial charge on any atom is -0.444 e. The van der Waals surface area contributed by atoms with E-state index in [-0.39, 0.29) is 12.3 Å². The van der Waals surface area contributed by atoms with Crippen molar-refractivity contribution in [2.24, 2.45) is 0 Å². The summed E-state index contributed by atoms with van der Waals surface area (Å²) in [5.74, 6) is 0.569. The van der Waals surface area contributed by atoms with E-state index in [0.29, 0.717) is 18.1 Å². The van der Waals surface area contributed by atoms with Crippen molar-refractivity contribution >= 4 is 28.6 Å². The Labute approximate surface area is 142 Å². The molecule has 0 bridgehead atoms. The summed E-state index contributed by atoms with van der Waals surface area (Å²) < 4.78 is 5.44. The first-order valence-electron chi connectivity index (χ1n) is 7.31. The zero-order valence-electron chi connectivity index (χ0n) is 13.0. The first-order valence-corrected chi connectivity index (χ1v) is 9.07. The summed E-state index contributed by atoms with van der Waals surface area (Å²) in [5, 5.41) is 5.07. The number of hydrogen-bond acceptors (Lipinski definition) is 6. The van der Waals surface area contributed by atoms with Crippen LogP contribution in [0.25, 0.3) is 10.8 Å². The molecule has 0 N–H and O–H groups in total. The lowest BCUT2D eigenvalue weighted by atomic mass is 10.3. The number of aromatic nitrogens is 2. The molecule has 0 aliphatic carbocycles. The van der Waals surface area contributed by atoms with Crippen LogP contribution in [0.2, 0.25) is 0 Å². The highest BCUT2D eigenvalue weighted by atomic mass is 32.1. The molecule has 0 saturated carbocycles. The van der Waals surface area contributed by atoms with Gasteiger partial charge in [-0.15, -0.1) is 22.7 Å². The van der Waals surface area contributed by atoms with Gasteiger partial charge in [-0.25, -0.2) is 9.97 Å². The largest absolute Gasteiger partial charge is 0.444 e. The van der Waals surface area contributed by atoms with E-state index in [0.717, 1.165) is 22.0 Å². The molecule has 1 amide bonds. The molecule has 0 spiro atoms. The summed E-state index contributed by atoms with van der Waals surface area (Å²) in [4.78, 5) is 23.8. The lowest BCUT2D eigenvalue weighted by Crippen LogP contribution is -2.28. The van der Waals surface area contributed by atoms with Crippen molar-refractivity contribution in [1.29, 1.82) is 0 Å². The number of hydrogen-bond donors (Lipinski definition) is 0. The van der Waals surface area contributed by atoms with E-state index in [4.69, 9.17) is 4.42 Å². The van der Waals surface area contributed by atoms with E-state index in [1.165, 1.54) is 0 Å². The standard InChI is InChI=1S/C16H17N3O2S2/c1-3-14-17-12(10-23-14)8-19(2)15(20)7-11-9-21-16(18-11)13-5-4-6-22-13/h4-6,9-10H,3,7-8H2,1-2H3. The van der Waals surface area contributed by atoms with Gasteiger partial charge in [0.2, 0.25) is 11.8 Å². The number of carbonyl (C=O) groups is 1. The number of nitrogens with zero attached hydrogens (tertiary/aromatic N) is 3. The van der Waals surface area contributed by atoms with Gasteiger partial charge in [-0.2, -0.15) is 0 Å². The molecule has 0 aliphatic rings. The van der Waals surface area contributed by atoms with E-state index in [9.17, 15) is 4.79 Å². The van der Waals surface area contributed by atoms with Crippen molar-refractivity contribution < 1.29 is 9.21 Å². The van der Waals surface area contributed by atoms with Crippen LogP contribution in [0.5, 0.6) is 0 Å². The molecule has 3 aromatic rings. The molecular formula is C16H17N3O2S2. The number of thiazole rings is 1. The fourth-order valence-electron chi connectivity index (χ4n) is 2.11. The Morgan fingerprint density at radius 3 is 2.87 bits per heavy atom. The number of oxazole rings is 1. The van der Waals surface area contributed by atoms with Gasteiger partial charge in [0, 0.05) is 12.4 Å². The van der Waals surface area contributed by atoms with Gasteiger partial charge in [-0.3, -0.25) is 4.79 Å². The Balaban J connectivity index is 1.60. The zero-order chi connectivity index (χ0) is 16.2. The minimum absolute atomic E-state index is 0.00192. The van der Waals surface area contributed by atoms with Crippen molar-refractivity contribution in [3.8, 4) is 10.8 Å². The smallest absolute Gasteiger partial charge is 0.236 e. The molecule has 120 valence electrons. The van der Waals surface area contributed by atoms with Crippen molar-refractivity contribution in [2.75, 3.05) is 7.05 Å². The van der Waals surface area contributed by atoms with Crippen LogP contribution in [-0.4, -0.2) is 27.8 Å². The predicted octanol–water partition coefficient (Wildman–Crippen LogP) is 3.62. The van der Waals surface area contributed by atoms with E-state index in [1.54, 1.807) is 40.9 Å². The van der Waals surface area contributed by atoms with Gasteiger partial charge in [0.15, 0.2) is 0 Å². The quantitative estimate of drug-likeness (QED) is 0.683. The van der Waals surface area contributed by atoms with Crippen molar-refractivity contribution in [3.63, 3.8) is 0 Å². The summed E-state index contributed by atoms with van der Waals surface area (Å²) in [6.45, 7) is 2.60. The lowest BCUT2D eigenvalue weighted by molar-refractivity contribution is -0.129. The van der Waals surface area contributed by atoms with Crippen LogP contribution in [0.15, 0.2) is 33.6 Å². The maximum Gasteiger partial charge on any atom is 0.236 e. The molecule has 0 fully saturated rings. The predicted molar refractivity (Wildman–Crippen MR) is 91.5 cm³/mol. The minimum atomic E-state index is 0.00192. The van der Waals surface area contributed by atoms with Crippen molar-refractivity contribution in [3.05, 3.63) is 45.6 Å². The lowest BCUT2D eigenvalue weighted by Gasteiger charge is -2.14. The molecular weight excluding hydrogens is 330 g/mol. The highest BCUT2D eigenvalue weighted by Crippen LogP contribution is 2.23. The van der Waals surface area contributed by atoms with E-state index < -0.39 is 0 Å². The number of carbonyl (C=O) groups excluding carboxylic acids is 1. The molecule has 0 unspecified atom stereocenters. The SMILES string of the molecule is CCc1nc(CN(C)C(=O)Cc2coc(-c3cccs3)n2)cs1. The van der Waals surface area contributed by atoms with Gasteiger partial charge in [-0.1, -0.05) is 13.0 Å². The number of rotatable bonds is 6. The van der Waals surface area contributed by atoms with Crippen LogP contribution in [0, 0.1) is 0 Å². The Kier molecular flexibility index (Phi) is 4.88. The van der Waals surface area contributed by atoms with Crippen LogP contribution in [0.3, 0.4) is 0 Å². The molecule has 23 heavy (non-hydrogen) atoms. The molecule has 0 radical (unpaired) electrons. The van der Waals surface area contributed by atoms with Gasteiger partial charge < -0.3 is 9.32 Å². The summed E-state index contributed by atoms with van der Waals surface area (Å²) in [5.41, 5.74) is 1.58. The number of thiophene rings is 1. The van der Waals surface area contributed by atoms with Crippen LogP contribution >= 0.6 is 22.7 Å². The third-order valence-corrected chi connectivity index (χ3v) is 5.24. The summed E-state index contributed by atoms with van der Waals surface area (Å²) in [6, 6.07) is 3.89. The van der Waals surface area contributed by atoms with Gasteiger partial charge in [0.05, 0.1) is 34.2 Å². The summed E-state index contributed by atoms with van der Waals surface area (Å²) in [7, 11) is 1.79. The maximum absolute atomic E-state index is 12.3. The van der Waals surface area contributed by atoms with Gasteiger partial charge in [-0.05, 0) is 17.9 Å². The molecule has 3 aromatic heterocycles. The van der Waals surface area contributed by atoms with Crippen LogP contribution in [0.4, 0.5) is 0 Å². The Morgan fingerprint density at radius 2 is 2.17 bits per heavy atom. The topological polar surface area (TPSA) is 59.2 Å². The van der Waals surface area contributed by atoms with E-state index in [2.05, 4.69) is 16.9 Å². The highest BCUT2D eigenvalue weighted by Gasteiger charge is 2.15. The first kappa shape index (κ1) is 15.9. The monoisotopic (exact) mass is 347 g/mol. The average Bonchev–Trinajstić information content (AvgIpc) is 3.28. The molecule has 3 rings (SSSR count). The summed E-state index contributed by atoms with van der Waals surface area (Å²) in [6.07, 6.45) is 2.71. The maximum atomic E-state index is 12.3. The number of aryl methyl sites for hydroxylation is 1. The molecule has 0 saturated heterocycles. The molecule has 5 nitrogen and oxygen atoms in total. The fraction of sp³-hybridized carbons (Fsp3) is 0.312. The molecule has 7 heteroatoms. The third-order valence-electron chi connectivity index (χ3n) is 3.34. The normalized spacial score (nSPS) is 10.9. The molecule has 3 heterocycles. The number of likely N-dealkylation sites (N-methyl/N-ethyl adjacent to an activating group) is 1. The molecule has 0 aromatic carbocycles. The second-order valence-corrected chi connectivity index (χ2v) is 7.02. The van der Waals surface area contributed by atoms with Crippen molar-refractivity contribution in [2.45, 2.75) is 26.3 Å². The number of amides is 1. The zero-order valence-corrected chi connectivity index (χ0v) is 14.6. The molecule has 0 atom stereocenters. The van der Waals surface area contributed by atoms with E-state index >= 15 is 0 Å². The Hall–Kier alpha value is -1.99. The van der Waals surface area contributed by atoms with Crippen LogP contribution in [0.1, 0.15) is 23.3 Å². The van der Waals surface area contributed by atoms with Gasteiger partial charge in [0.1, 0.15) is 6.26 Å².